The third-order valence-electron chi connectivity index (χ3n) is 4.85. The molecular weight excluding hydrogens is 430 g/mol. The molecule has 3 aromatic rings. The minimum Gasteiger partial charge on any atom is -0.488 e. The van der Waals surface area contributed by atoms with E-state index in [4.69, 9.17) is 38.4 Å². The van der Waals surface area contributed by atoms with Crippen molar-refractivity contribution in [2.24, 2.45) is 5.73 Å². The van der Waals surface area contributed by atoms with Gasteiger partial charge in [-0.1, -0.05) is 29.3 Å². The number of benzene rings is 2. The van der Waals surface area contributed by atoms with Crippen molar-refractivity contribution in [1.29, 1.82) is 5.26 Å². The number of nitrogens with two attached hydrogens (primary N) is 1. The number of hydrogen-bond acceptors (Lipinski definition) is 5. The molecule has 1 aromatic heterocycles. The summed E-state index contributed by atoms with van der Waals surface area (Å²) in [5.41, 5.74) is 8.33. The summed E-state index contributed by atoms with van der Waals surface area (Å²) < 4.78 is 25.6. The van der Waals surface area contributed by atoms with Gasteiger partial charge in [0.25, 0.3) is 0 Å². The summed E-state index contributed by atoms with van der Waals surface area (Å²) in [6.07, 6.45) is 0. The van der Waals surface area contributed by atoms with Crippen molar-refractivity contribution in [3.05, 3.63) is 86.1 Å². The SMILES string of the molecule is Cc1[nH]nc2c1C(c1cc(Cl)ccc1OCc1c(F)cccc1Cl)C(C#N)=C(N)O2. The number of aromatic nitrogens is 2. The minimum atomic E-state index is -0.623. The molecule has 1 atom stereocenters. The highest BCUT2D eigenvalue weighted by Gasteiger charge is 2.36. The first kappa shape index (κ1) is 20.1. The lowest BCUT2D eigenvalue weighted by Crippen LogP contribution is -2.21. The van der Waals surface area contributed by atoms with Crippen LogP contribution in [0.25, 0.3) is 0 Å². The smallest absolute Gasteiger partial charge is 0.244 e. The fourth-order valence-corrected chi connectivity index (χ4v) is 3.80. The van der Waals surface area contributed by atoms with Gasteiger partial charge in [-0.05, 0) is 37.3 Å². The number of nitrogens with zero attached hydrogens (tertiary/aromatic N) is 2. The Morgan fingerprint density at radius 1 is 1.33 bits per heavy atom. The van der Waals surface area contributed by atoms with E-state index in [0.717, 1.165) is 0 Å². The van der Waals surface area contributed by atoms with Gasteiger partial charge in [0.1, 0.15) is 29.8 Å². The number of nitriles is 1. The highest BCUT2D eigenvalue weighted by molar-refractivity contribution is 6.31. The fraction of sp³-hybridized carbons (Fsp3) is 0.143. The van der Waals surface area contributed by atoms with Gasteiger partial charge in [-0.2, -0.15) is 5.26 Å². The average molecular weight is 445 g/mol. The highest BCUT2D eigenvalue weighted by Crippen LogP contribution is 2.46. The number of hydrogen-bond donors (Lipinski definition) is 2. The maximum Gasteiger partial charge on any atom is 0.244 e. The van der Waals surface area contributed by atoms with Crippen LogP contribution in [-0.4, -0.2) is 10.2 Å². The van der Waals surface area contributed by atoms with Gasteiger partial charge < -0.3 is 15.2 Å². The van der Waals surface area contributed by atoms with E-state index in [1.54, 1.807) is 24.3 Å². The molecule has 0 amide bonds. The lowest BCUT2D eigenvalue weighted by molar-refractivity contribution is 0.295. The predicted molar refractivity (Wildman–Crippen MR) is 110 cm³/mol. The molecule has 152 valence electrons. The van der Waals surface area contributed by atoms with Crippen molar-refractivity contribution in [2.45, 2.75) is 19.4 Å². The van der Waals surface area contributed by atoms with Crippen molar-refractivity contribution in [3.63, 3.8) is 0 Å². The molecule has 2 heterocycles. The van der Waals surface area contributed by atoms with Crippen LogP contribution in [0, 0.1) is 24.1 Å². The number of nitrogens with one attached hydrogen (secondary N) is 1. The quantitative estimate of drug-likeness (QED) is 0.592. The number of aryl methyl sites for hydroxylation is 1. The summed E-state index contributed by atoms with van der Waals surface area (Å²) in [4.78, 5) is 0. The van der Waals surface area contributed by atoms with Gasteiger partial charge in [0.15, 0.2) is 0 Å². The molecule has 30 heavy (non-hydrogen) atoms. The van der Waals surface area contributed by atoms with Crippen molar-refractivity contribution in [1.82, 2.24) is 10.2 Å². The van der Waals surface area contributed by atoms with Crippen LogP contribution in [0.3, 0.4) is 0 Å². The zero-order valence-electron chi connectivity index (χ0n) is 15.7. The Bertz CT molecular complexity index is 1200. The Labute approximate surface area is 181 Å². The summed E-state index contributed by atoms with van der Waals surface area (Å²) in [5.74, 6) is -0.472. The number of fused-ring (bicyclic) bond motifs is 1. The Kier molecular flexibility index (Phi) is 5.29. The number of ether oxygens (including phenoxy) is 2. The van der Waals surface area contributed by atoms with Gasteiger partial charge in [0.2, 0.25) is 11.8 Å². The normalized spacial score (nSPS) is 15.4. The van der Waals surface area contributed by atoms with Crippen LogP contribution in [-0.2, 0) is 6.61 Å². The molecule has 9 heteroatoms. The summed E-state index contributed by atoms with van der Waals surface area (Å²) in [5, 5.41) is 17.4. The largest absolute Gasteiger partial charge is 0.488 e. The summed E-state index contributed by atoms with van der Waals surface area (Å²) in [7, 11) is 0. The summed E-state index contributed by atoms with van der Waals surface area (Å²) in [6.45, 7) is 1.70. The number of allylic oxidation sites excluding steroid dienone is 1. The zero-order valence-corrected chi connectivity index (χ0v) is 17.2. The molecule has 3 N–H and O–H groups in total. The van der Waals surface area contributed by atoms with Crippen molar-refractivity contribution in [3.8, 4) is 17.7 Å². The van der Waals surface area contributed by atoms with Crippen LogP contribution in [0.1, 0.15) is 28.3 Å². The maximum atomic E-state index is 14.2. The second-order valence-corrected chi connectivity index (χ2v) is 7.51. The Morgan fingerprint density at radius 3 is 2.87 bits per heavy atom. The van der Waals surface area contributed by atoms with E-state index in [1.165, 1.54) is 12.1 Å². The molecule has 0 bridgehead atoms. The molecule has 0 radical (unpaired) electrons. The van der Waals surface area contributed by atoms with Crippen molar-refractivity contribution in [2.75, 3.05) is 0 Å². The van der Waals surface area contributed by atoms with Crippen molar-refractivity contribution >= 4 is 23.2 Å². The monoisotopic (exact) mass is 444 g/mol. The van der Waals surface area contributed by atoms with Gasteiger partial charge >= 0.3 is 0 Å². The first-order valence-electron chi connectivity index (χ1n) is 8.88. The molecule has 0 saturated heterocycles. The summed E-state index contributed by atoms with van der Waals surface area (Å²) in [6, 6.07) is 11.5. The Balaban J connectivity index is 1.81. The first-order valence-corrected chi connectivity index (χ1v) is 9.64. The Hall–Kier alpha value is -3.21. The van der Waals surface area contributed by atoms with Gasteiger partial charge in [-0.3, -0.25) is 5.10 Å². The number of H-pyrrole nitrogens is 1. The van der Waals surface area contributed by atoms with Gasteiger partial charge in [-0.15, -0.1) is 5.10 Å². The second-order valence-electron chi connectivity index (χ2n) is 6.66. The molecule has 6 nitrogen and oxygen atoms in total. The standard InChI is InChI=1S/C21H15Cl2FN4O2/c1-10-18-19(13(8-25)20(26)30-21(18)28-27-10)12-7-11(22)5-6-17(12)29-9-14-15(23)3-2-4-16(14)24/h2-7,19H,9,26H2,1H3,(H,27,28). The van der Waals surface area contributed by atoms with Gasteiger partial charge in [0.05, 0.1) is 10.9 Å². The lowest BCUT2D eigenvalue weighted by atomic mass is 9.83. The molecule has 2 aromatic carbocycles. The van der Waals surface area contributed by atoms with Crippen LogP contribution >= 0.6 is 23.2 Å². The van der Waals surface area contributed by atoms with Crippen LogP contribution < -0.4 is 15.2 Å². The van der Waals surface area contributed by atoms with Crippen LogP contribution in [0.5, 0.6) is 11.6 Å². The minimum absolute atomic E-state index is 0.0513. The molecular formula is C21H15Cl2FN4O2. The fourth-order valence-electron chi connectivity index (χ4n) is 3.41. The van der Waals surface area contributed by atoms with E-state index in [0.29, 0.717) is 27.6 Å². The van der Waals surface area contributed by atoms with Crippen molar-refractivity contribution < 1.29 is 13.9 Å². The number of aromatic amines is 1. The van der Waals surface area contributed by atoms with Gasteiger partial charge in [-0.25, -0.2) is 4.39 Å². The van der Waals surface area contributed by atoms with Crippen LogP contribution in [0.4, 0.5) is 4.39 Å². The first-order chi connectivity index (χ1) is 14.4. The Morgan fingerprint density at radius 2 is 2.13 bits per heavy atom. The number of rotatable bonds is 4. The molecule has 1 aliphatic rings. The third-order valence-corrected chi connectivity index (χ3v) is 5.44. The topological polar surface area (TPSA) is 97.0 Å². The van der Waals surface area contributed by atoms with E-state index in [9.17, 15) is 9.65 Å². The molecule has 0 aliphatic carbocycles. The van der Waals surface area contributed by atoms with E-state index in [2.05, 4.69) is 16.3 Å². The van der Waals surface area contributed by atoms with Crippen LogP contribution in [0.15, 0.2) is 47.9 Å². The predicted octanol–water partition coefficient (Wildman–Crippen LogP) is 4.96. The number of halogens is 3. The average Bonchev–Trinajstić information content (AvgIpc) is 3.07. The molecule has 1 unspecified atom stereocenters. The summed E-state index contributed by atoms with van der Waals surface area (Å²) >= 11 is 12.4. The zero-order chi connectivity index (χ0) is 21.4. The van der Waals surface area contributed by atoms with E-state index in [-0.39, 0.29) is 34.5 Å². The van der Waals surface area contributed by atoms with E-state index in [1.807, 2.05) is 6.92 Å². The van der Waals surface area contributed by atoms with E-state index < -0.39 is 11.7 Å². The maximum absolute atomic E-state index is 14.2. The molecule has 0 spiro atoms. The molecule has 0 fully saturated rings. The molecule has 4 rings (SSSR count). The second kappa shape index (κ2) is 7.90. The molecule has 1 aliphatic heterocycles. The van der Waals surface area contributed by atoms with Gasteiger partial charge in [0, 0.05) is 27.4 Å². The highest BCUT2D eigenvalue weighted by atomic mass is 35.5. The molecule has 0 saturated carbocycles. The van der Waals surface area contributed by atoms with Crippen LogP contribution in [0.2, 0.25) is 10.0 Å². The third kappa shape index (κ3) is 3.45. The lowest BCUT2D eigenvalue weighted by Gasteiger charge is -2.25. The van der Waals surface area contributed by atoms with E-state index >= 15 is 0 Å².